The number of rotatable bonds is 7. The molecule has 2 atom stereocenters. The van der Waals surface area contributed by atoms with Crippen LogP contribution in [-0.4, -0.2) is 18.5 Å². The number of halogens is 2. The van der Waals surface area contributed by atoms with Crippen LogP contribution in [0, 0.1) is 11.8 Å². The van der Waals surface area contributed by atoms with E-state index in [1.165, 1.54) is 6.92 Å². The van der Waals surface area contributed by atoms with Crippen molar-refractivity contribution in [2.75, 3.05) is 6.61 Å². The summed E-state index contributed by atoms with van der Waals surface area (Å²) in [4.78, 5) is 10.5. The predicted octanol–water partition coefficient (Wildman–Crippen LogP) is 6.73. The van der Waals surface area contributed by atoms with Crippen molar-refractivity contribution in [2.24, 2.45) is 11.8 Å². The first-order chi connectivity index (χ1) is 10.3. The van der Waals surface area contributed by atoms with E-state index in [2.05, 4.69) is 0 Å². The van der Waals surface area contributed by atoms with Crippen LogP contribution in [0.15, 0.2) is 0 Å². The van der Waals surface area contributed by atoms with Crippen LogP contribution in [0.1, 0.15) is 88.5 Å². The topological polar surface area (TPSA) is 26.3 Å². The lowest BCUT2D eigenvalue weighted by Gasteiger charge is -2.23. The molecule has 0 aliphatic rings. The Hall–Kier alpha value is -0.670. The number of alkyl halides is 2. The maximum atomic E-state index is 13.5. The highest BCUT2D eigenvalue weighted by atomic mass is 19.3. The van der Waals surface area contributed by atoms with Gasteiger partial charge in [-0.1, -0.05) is 68.7 Å². The lowest BCUT2D eigenvalue weighted by molar-refractivity contribution is -0.143. The van der Waals surface area contributed by atoms with Crippen molar-refractivity contribution >= 4 is 5.97 Å². The summed E-state index contributed by atoms with van der Waals surface area (Å²) in [6, 6.07) is 0. The molecule has 0 spiro atoms. The number of carbonyl (C=O) groups is 1. The highest BCUT2D eigenvalue weighted by molar-refractivity contribution is 5.65. The molecule has 0 aromatic carbocycles. The molecule has 0 N–H and O–H groups in total. The zero-order chi connectivity index (χ0) is 18.8. The van der Waals surface area contributed by atoms with Gasteiger partial charge in [-0.25, -0.2) is 8.78 Å². The minimum Gasteiger partial charge on any atom is -0.466 e. The van der Waals surface area contributed by atoms with E-state index in [0.717, 1.165) is 6.42 Å². The van der Waals surface area contributed by atoms with Gasteiger partial charge >= 0.3 is 5.97 Å². The zero-order valence-electron chi connectivity index (χ0n) is 16.6. The first-order valence-corrected chi connectivity index (χ1v) is 8.78. The Morgan fingerprint density at radius 2 is 1.32 bits per heavy atom. The number of hydrogen-bond donors (Lipinski definition) is 0. The molecule has 0 amide bonds. The SMILES string of the molecule is CC.CC.CC.CCC(C)CC(F)(F)CC(C)COC(C)=O. The maximum absolute atomic E-state index is 13.5. The van der Waals surface area contributed by atoms with Crippen LogP contribution in [0.2, 0.25) is 0 Å². The molecule has 0 fully saturated rings. The summed E-state index contributed by atoms with van der Waals surface area (Å²) < 4.78 is 31.7. The molecular formula is C18H40F2O2. The zero-order valence-corrected chi connectivity index (χ0v) is 16.6. The summed E-state index contributed by atoms with van der Waals surface area (Å²) in [6.07, 6.45) is 0.451. The number of carbonyl (C=O) groups excluding carboxylic acids is 1. The molecule has 0 aliphatic heterocycles. The van der Waals surface area contributed by atoms with E-state index in [4.69, 9.17) is 4.74 Å². The summed E-state index contributed by atoms with van der Waals surface area (Å²) in [5.41, 5.74) is 0. The molecular weight excluding hydrogens is 286 g/mol. The Morgan fingerprint density at radius 3 is 1.64 bits per heavy atom. The molecule has 2 unspecified atom stereocenters. The first kappa shape index (κ1) is 29.4. The van der Waals surface area contributed by atoms with E-state index in [9.17, 15) is 13.6 Å². The summed E-state index contributed by atoms with van der Waals surface area (Å²) in [6.45, 7) is 18.8. The van der Waals surface area contributed by atoms with Gasteiger partial charge in [0.25, 0.3) is 0 Å². The van der Waals surface area contributed by atoms with Gasteiger partial charge in [-0.15, -0.1) is 0 Å². The average Bonchev–Trinajstić information content (AvgIpc) is 2.50. The van der Waals surface area contributed by atoms with Gasteiger partial charge in [0.1, 0.15) is 0 Å². The van der Waals surface area contributed by atoms with Gasteiger partial charge in [-0.2, -0.15) is 0 Å². The molecule has 0 radical (unpaired) electrons. The third-order valence-corrected chi connectivity index (χ3v) is 2.56. The van der Waals surface area contributed by atoms with Crippen LogP contribution in [0.3, 0.4) is 0 Å². The molecule has 2 nitrogen and oxygen atoms in total. The largest absolute Gasteiger partial charge is 0.466 e. The number of esters is 1. The van der Waals surface area contributed by atoms with Crippen LogP contribution in [0.4, 0.5) is 8.78 Å². The van der Waals surface area contributed by atoms with Crippen molar-refractivity contribution in [3.05, 3.63) is 0 Å². The lowest BCUT2D eigenvalue weighted by Crippen LogP contribution is -2.25. The van der Waals surface area contributed by atoms with E-state index >= 15 is 0 Å². The summed E-state index contributed by atoms with van der Waals surface area (Å²) >= 11 is 0. The Kier molecular flexibility index (Phi) is 27.1. The Bertz CT molecular complexity index is 219. The molecule has 0 aromatic heterocycles. The molecule has 0 saturated carbocycles. The van der Waals surface area contributed by atoms with Crippen LogP contribution in [0.5, 0.6) is 0 Å². The highest BCUT2D eigenvalue weighted by Crippen LogP contribution is 2.31. The molecule has 0 aromatic rings. The molecule has 138 valence electrons. The third kappa shape index (κ3) is 24.4. The van der Waals surface area contributed by atoms with E-state index in [0.29, 0.717) is 0 Å². The molecule has 0 rings (SSSR count). The highest BCUT2D eigenvalue weighted by Gasteiger charge is 2.32. The average molecular weight is 327 g/mol. The third-order valence-electron chi connectivity index (χ3n) is 2.56. The fraction of sp³-hybridized carbons (Fsp3) is 0.944. The number of ether oxygens (including phenoxy) is 1. The molecule has 0 heterocycles. The Balaban J connectivity index is -0.000000238. The molecule has 0 aliphatic carbocycles. The van der Waals surface area contributed by atoms with Crippen LogP contribution in [0.25, 0.3) is 0 Å². The van der Waals surface area contributed by atoms with E-state index in [-0.39, 0.29) is 31.3 Å². The van der Waals surface area contributed by atoms with Crippen molar-refractivity contribution in [1.29, 1.82) is 0 Å². The molecule has 22 heavy (non-hydrogen) atoms. The molecule has 0 saturated heterocycles. The fourth-order valence-corrected chi connectivity index (χ4v) is 1.57. The summed E-state index contributed by atoms with van der Waals surface area (Å²) in [5.74, 6) is -3.36. The van der Waals surface area contributed by atoms with Gasteiger partial charge in [-0.3, -0.25) is 4.79 Å². The van der Waals surface area contributed by atoms with E-state index < -0.39 is 11.9 Å². The Morgan fingerprint density at radius 1 is 0.955 bits per heavy atom. The fourth-order valence-electron chi connectivity index (χ4n) is 1.57. The summed E-state index contributed by atoms with van der Waals surface area (Å²) in [5, 5.41) is 0. The summed E-state index contributed by atoms with van der Waals surface area (Å²) in [7, 11) is 0. The second-order valence-electron chi connectivity index (χ2n) is 4.69. The monoisotopic (exact) mass is 326 g/mol. The van der Waals surface area contributed by atoms with Crippen molar-refractivity contribution in [2.45, 2.75) is 94.4 Å². The lowest BCUT2D eigenvalue weighted by atomic mass is 9.94. The van der Waals surface area contributed by atoms with Crippen LogP contribution < -0.4 is 0 Å². The molecule has 4 heteroatoms. The van der Waals surface area contributed by atoms with Crippen molar-refractivity contribution in [1.82, 2.24) is 0 Å². The first-order valence-electron chi connectivity index (χ1n) is 8.78. The Labute approximate surface area is 138 Å². The second-order valence-corrected chi connectivity index (χ2v) is 4.69. The van der Waals surface area contributed by atoms with Crippen LogP contribution in [-0.2, 0) is 9.53 Å². The van der Waals surface area contributed by atoms with E-state index in [1.54, 1.807) is 6.92 Å². The smallest absolute Gasteiger partial charge is 0.302 e. The number of hydrogen-bond acceptors (Lipinski definition) is 2. The minimum atomic E-state index is -2.66. The maximum Gasteiger partial charge on any atom is 0.302 e. The van der Waals surface area contributed by atoms with Crippen molar-refractivity contribution < 1.29 is 18.3 Å². The van der Waals surface area contributed by atoms with Gasteiger partial charge in [0, 0.05) is 19.8 Å². The molecule has 0 bridgehead atoms. The minimum absolute atomic E-state index is 0.0240. The van der Waals surface area contributed by atoms with E-state index in [1.807, 2.05) is 55.4 Å². The van der Waals surface area contributed by atoms with Crippen LogP contribution >= 0.6 is 0 Å². The predicted molar refractivity (Wildman–Crippen MR) is 93.5 cm³/mol. The van der Waals surface area contributed by atoms with Crippen molar-refractivity contribution in [3.8, 4) is 0 Å². The second kappa shape index (κ2) is 20.3. The van der Waals surface area contributed by atoms with Gasteiger partial charge < -0.3 is 4.74 Å². The van der Waals surface area contributed by atoms with Gasteiger partial charge in [0.15, 0.2) is 0 Å². The quantitative estimate of drug-likeness (QED) is 0.485. The van der Waals surface area contributed by atoms with Crippen molar-refractivity contribution in [3.63, 3.8) is 0 Å². The van der Waals surface area contributed by atoms with Gasteiger partial charge in [0.05, 0.1) is 6.61 Å². The van der Waals surface area contributed by atoms with Gasteiger partial charge in [-0.05, 0) is 11.8 Å². The van der Waals surface area contributed by atoms with Gasteiger partial charge in [0.2, 0.25) is 5.92 Å². The standard InChI is InChI=1S/C12H22F2O2.3C2H6/c1-5-9(2)6-12(13,14)7-10(3)8-16-11(4)15;3*1-2/h9-10H,5-8H2,1-4H3;3*1-2H3. The normalized spacial score (nSPS) is 12.2.